The van der Waals surface area contributed by atoms with Gasteiger partial charge in [0, 0.05) is 23.3 Å². The Morgan fingerprint density at radius 2 is 1.93 bits per heavy atom. The van der Waals surface area contributed by atoms with Gasteiger partial charge in [-0.15, -0.1) is 0 Å². The molecule has 0 unspecified atom stereocenters. The van der Waals surface area contributed by atoms with Crippen LogP contribution >= 0.6 is 11.8 Å². The van der Waals surface area contributed by atoms with Gasteiger partial charge in [0.25, 0.3) is 5.56 Å². The number of thioether (sulfide) groups is 1. The third kappa shape index (κ3) is 3.93. The van der Waals surface area contributed by atoms with Crippen molar-refractivity contribution in [2.24, 2.45) is 5.92 Å². The number of fused-ring (bicyclic) bond motifs is 4. The lowest BCUT2D eigenvalue weighted by Crippen LogP contribution is -2.40. The van der Waals surface area contributed by atoms with Crippen molar-refractivity contribution in [3.8, 4) is 11.3 Å². The first-order valence-electron chi connectivity index (χ1n) is 11.4. The molecule has 29 heavy (non-hydrogen) atoms. The van der Waals surface area contributed by atoms with E-state index >= 15 is 0 Å². The van der Waals surface area contributed by atoms with Crippen LogP contribution in [0.25, 0.3) is 11.3 Å². The predicted molar refractivity (Wildman–Crippen MR) is 123 cm³/mol. The normalized spacial score (nSPS) is 17.0. The van der Waals surface area contributed by atoms with Gasteiger partial charge in [-0.1, -0.05) is 82.5 Å². The van der Waals surface area contributed by atoms with Gasteiger partial charge in [0.05, 0.1) is 11.3 Å². The van der Waals surface area contributed by atoms with Crippen LogP contribution in [0.2, 0.25) is 0 Å². The van der Waals surface area contributed by atoms with Crippen molar-refractivity contribution in [1.29, 1.82) is 0 Å². The van der Waals surface area contributed by atoms with Crippen LogP contribution in [0.1, 0.15) is 76.8 Å². The van der Waals surface area contributed by atoms with Crippen LogP contribution < -0.4 is 5.56 Å². The molecule has 2 aliphatic rings. The molecule has 1 heterocycles. The number of aromatic nitrogens is 2. The van der Waals surface area contributed by atoms with Gasteiger partial charge in [0.1, 0.15) is 0 Å². The Labute approximate surface area is 179 Å². The first kappa shape index (κ1) is 20.7. The van der Waals surface area contributed by atoms with Crippen molar-refractivity contribution in [1.82, 2.24) is 9.55 Å². The summed E-state index contributed by atoms with van der Waals surface area (Å²) in [6, 6.07) is 8.63. The summed E-state index contributed by atoms with van der Waals surface area (Å²) in [5.41, 5.74) is 4.79. The summed E-state index contributed by atoms with van der Waals surface area (Å²) >= 11 is 1.77. The summed E-state index contributed by atoms with van der Waals surface area (Å²) in [5, 5.41) is 0.920. The maximum absolute atomic E-state index is 13.9. The summed E-state index contributed by atoms with van der Waals surface area (Å²) in [4.78, 5) is 19.2. The van der Waals surface area contributed by atoms with Crippen LogP contribution in [0.4, 0.5) is 0 Å². The highest BCUT2D eigenvalue weighted by Gasteiger charge is 2.44. The van der Waals surface area contributed by atoms with Crippen LogP contribution in [-0.4, -0.2) is 15.3 Å². The van der Waals surface area contributed by atoms with Crippen molar-refractivity contribution >= 4 is 11.8 Å². The van der Waals surface area contributed by atoms with E-state index in [-0.39, 0.29) is 11.0 Å². The van der Waals surface area contributed by atoms with Gasteiger partial charge in [-0.3, -0.25) is 9.36 Å². The van der Waals surface area contributed by atoms with E-state index in [1.165, 1.54) is 43.2 Å². The molecule has 0 bridgehead atoms. The Morgan fingerprint density at radius 1 is 1.17 bits per heavy atom. The number of rotatable bonds is 7. The lowest BCUT2D eigenvalue weighted by Gasteiger charge is -2.36. The summed E-state index contributed by atoms with van der Waals surface area (Å²) in [6.07, 6.45) is 9.31. The fourth-order valence-electron chi connectivity index (χ4n) is 5.20. The number of unbranched alkanes of at least 4 members (excludes halogenated alkanes) is 2. The average Bonchev–Trinajstić information content (AvgIpc) is 3.16. The summed E-state index contributed by atoms with van der Waals surface area (Å²) in [5.74, 6) is 1.46. The first-order chi connectivity index (χ1) is 14.1. The molecule has 0 atom stereocenters. The topological polar surface area (TPSA) is 34.9 Å². The van der Waals surface area contributed by atoms with Crippen molar-refractivity contribution in [2.75, 3.05) is 5.75 Å². The van der Waals surface area contributed by atoms with Gasteiger partial charge in [-0.05, 0) is 37.2 Å². The molecule has 1 spiro atoms. The van der Waals surface area contributed by atoms with Crippen molar-refractivity contribution in [2.45, 2.75) is 89.3 Å². The highest BCUT2D eigenvalue weighted by molar-refractivity contribution is 7.99. The minimum atomic E-state index is -0.00208. The molecule has 1 fully saturated rings. The van der Waals surface area contributed by atoms with E-state index in [1.54, 1.807) is 11.8 Å². The maximum Gasteiger partial charge on any atom is 0.258 e. The largest absolute Gasteiger partial charge is 0.287 e. The zero-order valence-electron chi connectivity index (χ0n) is 18.2. The molecular weight excluding hydrogens is 376 g/mol. The van der Waals surface area contributed by atoms with Gasteiger partial charge in [-0.25, -0.2) is 4.98 Å². The number of hydrogen-bond donors (Lipinski definition) is 0. The highest BCUT2D eigenvalue weighted by Crippen LogP contribution is 2.49. The molecule has 156 valence electrons. The second-order valence-electron chi connectivity index (χ2n) is 9.30. The Bertz CT molecular complexity index is 925. The summed E-state index contributed by atoms with van der Waals surface area (Å²) in [6.45, 7) is 7.37. The summed E-state index contributed by atoms with van der Waals surface area (Å²) in [7, 11) is 0. The Morgan fingerprint density at radius 3 is 2.66 bits per heavy atom. The van der Waals surface area contributed by atoms with Gasteiger partial charge in [0.2, 0.25) is 0 Å². The second kappa shape index (κ2) is 8.67. The summed E-state index contributed by atoms with van der Waals surface area (Å²) < 4.78 is 2.01. The highest BCUT2D eigenvalue weighted by atomic mass is 32.2. The predicted octanol–water partition coefficient (Wildman–Crippen LogP) is 6.22. The van der Waals surface area contributed by atoms with Crippen LogP contribution in [-0.2, 0) is 18.4 Å². The second-order valence-corrected chi connectivity index (χ2v) is 10.4. The third-order valence-corrected chi connectivity index (χ3v) is 7.62. The van der Waals surface area contributed by atoms with Crippen LogP contribution in [0.3, 0.4) is 0 Å². The molecule has 2 aromatic rings. The molecule has 4 rings (SSSR count). The Balaban J connectivity index is 1.87. The molecule has 2 aliphatic carbocycles. The maximum atomic E-state index is 13.9. The van der Waals surface area contributed by atoms with Gasteiger partial charge in [0.15, 0.2) is 5.16 Å². The fraction of sp³-hybridized carbons (Fsp3) is 0.600. The molecule has 0 radical (unpaired) electrons. The molecule has 0 aliphatic heterocycles. The Kier molecular flexibility index (Phi) is 6.19. The fourth-order valence-corrected chi connectivity index (χ4v) is 6.20. The van der Waals surface area contributed by atoms with E-state index in [1.807, 2.05) is 4.57 Å². The van der Waals surface area contributed by atoms with E-state index in [4.69, 9.17) is 4.98 Å². The molecule has 3 nitrogen and oxygen atoms in total. The van der Waals surface area contributed by atoms with Crippen LogP contribution in [0, 0.1) is 5.92 Å². The molecule has 0 N–H and O–H groups in total. The van der Waals surface area contributed by atoms with Crippen LogP contribution in [0.15, 0.2) is 34.2 Å². The first-order valence-corrected chi connectivity index (χ1v) is 12.4. The number of benzene rings is 1. The van der Waals surface area contributed by atoms with E-state index in [9.17, 15) is 4.79 Å². The zero-order valence-corrected chi connectivity index (χ0v) is 19.0. The molecule has 1 saturated carbocycles. The lowest BCUT2D eigenvalue weighted by atomic mass is 9.68. The molecule has 1 aromatic heterocycles. The quantitative estimate of drug-likeness (QED) is 0.309. The number of nitrogens with zero attached hydrogens (tertiary/aromatic N) is 2. The van der Waals surface area contributed by atoms with E-state index in [2.05, 4.69) is 45.0 Å². The monoisotopic (exact) mass is 410 g/mol. The van der Waals surface area contributed by atoms with Gasteiger partial charge < -0.3 is 0 Å². The standard InChI is InChI=1S/C25H34N2OS/c1-4-5-10-15-29-24-26-22-20-12-7-6-11-19(20)16-25(13-8-9-14-25)21(22)23(28)27(24)17-18(2)3/h6-7,11-12,18H,4-5,8-10,13-17H2,1-3H3. The molecule has 1 aromatic carbocycles. The molecule has 4 heteroatoms. The molecule has 0 saturated heterocycles. The Hall–Kier alpha value is -1.55. The van der Waals surface area contributed by atoms with Crippen LogP contribution in [0.5, 0.6) is 0 Å². The third-order valence-electron chi connectivity index (χ3n) is 6.55. The zero-order chi connectivity index (χ0) is 20.4. The SMILES string of the molecule is CCCCCSc1nc2c(c(=O)n1CC(C)C)C1(CCCC1)Cc1ccccc1-2. The van der Waals surface area contributed by atoms with Crippen molar-refractivity contribution in [3.63, 3.8) is 0 Å². The van der Waals surface area contributed by atoms with E-state index in [0.717, 1.165) is 48.0 Å². The molecular formula is C25H34N2OS. The van der Waals surface area contributed by atoms with Gasteiger partial charge in [-0.2, -0.15) is 0 Å². The van der Waals surface area contributed by atoms with E-state index < -0.39 is 0 Å². The molecule has 0 amide bonds. The minimum absolute atomic E-state index is 0.00208. The van der Waals surface area contributed by atoms with E-state index in [0.29, 0.717) is 5.92 Å². The lowest BCUT2D eigenvalue weighted by molar-refractivity contribution is 0.404. The number of hydrogen-bond acceptors (Lipinski definition) is 3. The van der Waals surface area contributed by atoms with Crippen molar-refractivity contribution < 1.29 is 0 Å². The van der Waals surface area contributed by atoms with Crippen molar-refractivity contribution in [3.05, 3.63) is 45.7 Å². The minimum Gasteiger partial charge on any atom is -0.287 e. The smallest absolute Gasteiger partial charge is 0.258 e. The van der Waals surface area contributed by atoms with Gasteiger partial charge >= 0.3 is 0 Å². The average molecular weight is 411 g/mol.